The van der Waals surface area contributed by atoms with Crippen LogP contribution in [0.15, 0.2) is 34.9 Å². The number of oxazole rings is 1. The highest BCUT2D eigenvalue weighted by atomic mass is 32.1. The second-order valence-electron chi connectivity index (χ2n) is 5.59. The van der Waals surface area contributed by atoms with Gasteiger partial charge in [-0.25, -0.2) is 9.97 Å². The van der Waals surface area contributed by atoms with Gasteiger partial charge in [0.05, 0.1) is 15.9 Å². The average Bonchev–Trinajstić information content (AvgIpc) is 3.14. The molecule has 2 aromatic heterocycles. The van der Waals surface area contributed by atoms with E-state index in [1.807, 2.05) is 13.0 Å². The minimum Gasteiger partial charge on any atom is -0.449 e. The van der Waals surface area contributed by atoms with Crippen molar-refractivity contribution >= 4 is 26.7 Å². The highest BCUT2D eigenvalue weighted by Crippen LogP contribution is 2.29. The van der Waals surface area contributed by atoms with Gasteiger partial charge in [-0.15, -0.1) is 0 Å². The van der Waals surface area contributed by atoms with Crippen molar-refractivity contribution in [1.29, 1.82) is 0 Å². The van der Waals surface area contributed by atoms with Crippen LogP contribution in [-0.4, -0.2) is 41.0 Å². The molecule has 1 aliphatic rings. The fraction of sp³-hybridized carbons (Fsp3) is 0.375. The van der Waals surface area contributed by atoms with Crippen molar-refractivity contribution in [2.45, 2.75) is 13.5 Å². The molecule has 1 fully saturated rings. The Kier molecular flexibility index (Phi) is 3.56. The molecule has 22 heavy (non-hydrogen) atoms. The summed E-state index contributed by atoms with van der Waals surface area (Å²) in [5, 5.41) is 1.14. The lowest BCUT2D eigenvalue weighted by Crippen LogP contribution is -2.46. The minimum absolute atomic E-state index is 0.739. The first-order valence-corrected chi connectivity index (χ1v) is 8.33. The van der Waals surface area contributed by atoms with E-state index >= 15 is 0 Å². The lowest BCUT2D eigenvalue weighted by atomic mass is 10.3. The van der Waals surface area contributed by atoms with Crippen LogP contribution in [0.5, 0.6) is 0 Å². The van der Waals surface area contributed by atoms with Crippen molar-refractivity contribution in [3.8, 4) is 0 Å². The van der Waals surface area contributed by atoms with E-state index in [1.54, 1.807) is 17.6 Å². The number of aromatic nitrogens is 2. The number of aryl methyl sites for hydroxylation is 1. The molecule has 0 unspecified atom stereocenters. The van der Waals surface area contributed by atoms with Gasteiger partial charge in [-0.1, -0.05) is 23.5 Å². The van der Waals surface area contributed by atoms with Crippen molar-refractivity contribution < 1.29 is 4.42 Å². The first-order chi connectivity index (χ1) is 10.8. The lowest BCUT2D eigenvalue weighted by molar-refractivity contribution is 0.247. The zero-order valence-electron chi connectivity index (χ0n) is 12.5. The number of hydrogen-bond acceptors (Lipinski definition) is 6. The number of anilines is 1. The number of hydrogen-bond donors (Lipinski definition) is 0. The first-order valence-electron chi connectivity index (χ1n) is 7.52. The molecular formula is C16H18N4OS. The van der Waals surface area contributed by atoms with E-state index in [1.165, 1.54) is 4.70 Å². The second-order valence-corrected chi connectivity index (χ2v) is 6.59. The molecule has 0 amide bonds. The van der Waals surface area contributed by atoms with Crippen LogP contribution in [0.4, 0.5) is 5.13 Å². The van der Waals surface area contributed by atoms with Gasteiger partial charge in [0.1, 0.15) is 6.26 Å². The van der Waals surface area contributed by atoms with Crippen LogP contribution in [0, 0.1) is 6.92 Å². The number of rotatable bonds is 3. The Balaban J connectivity index is 1.40. The molecule has 0 radical (unpaired) electrons. The Morgan fingerprint density at radius 2 is 1.95 bits per heavy atom. The molecule has 3 aromatic rings. The van der Waals surface area contributed by atoms with Crippen molar-refractivity contribution in [2.75, 3.05) is 31.1 Å². The maximum absolute atomic E-state index is 5.27. The van der Waals surface area contributed by atoms with Gasteiger partial charge < -0.3 is 9.32 Å². The summed E-state index contributed by atoms with van der Waals surface area (Å²) >= 11 is 1.78. The summed E-state index contributed by atoms with van der Waals surface area (Å²) in [5.74, 6) is 0.739. The van der Waals surface area contributed by atoms with Crippen LogP contribution < -0.4 is 4.90 Å². The summed E-state index contributed by atoms with van der Waals surface area (Å²) in [4.78, 5) is 13.9. The van der Waals surface area contributed by atoms with Crippen LogP contribution >= 0.6 is 11.3 Å². The fourth-order valence-corrected chi connectivity index (χ4v) is 3.82. The Bertz CT molecular complexity index is 740. The monoisotopic (exact) mass is 314 g/mol. The van der Waals surface area contributed by atoms with Crippen molar-refractivity contribution in [2.24, 2.45) is 0 Å². The maximum atomic E-state index is 5.27. The fourth-order valence-electron chi connectivity index (χ4n) is 2.80. The second kappa shape index (κ2) is 5.70. The third-order valence-corrected chi connectivity index (χ3v) is 5.07. The molecule has 0 saturated carbocycles. The van der Waals surface area contributed by atoms with E-state index in [0.29, 0.717) is 0 Å². The predicted molar refractivity (Wildman–Crippen MR) is 88.4 cm³/mol. The number of piperazine rings is 1. The van der Waals surface area contributed by atoms with E-state index in [9.17, 15) is 0 Å². The van der Waals surface area contributed by atoms with Crippen LogP contribution in [0.3, 0.4) is 0 Å². The largest absolute Gasteiger partial charge is 0.449 e. The van der Waals surface area contributed by atoms with Gasteiger partial charge in [-0.2, -0.15) is 0 Å². The molecule has 1 saturated heterocycles. The smallest absolute Gasteiger partial charge is 0.191 e. The number of benzene rings is 1. The number of nitrogens with zero attached hydrogens (tertiary/aromatic N) is 4. The molecule has 1 aliphatic heterocycles. The van der Waals surface area contributed by atoms with E-state index in [2.05, 4.69) is 33.0 Å². The molecule has 4 rings (SSSR count). The standard InChI is InChI=1S/C16H18N4OS/c1-12-17-13(11-21-12)10-19-6-8-20(9-7-19)16-18-14-4-2-3-5-15(14)22-16/h2-5,11H,6-10H2,1H3. The third-order valence-electron chi connectivity index (χ3n) is 3.98. The molecule has 5 nitrogen and oxygen atoms in total. The normalized spacial score (nSPS) is 16.5. The van der Waals surface area contributed by atoms with Gasteiger partial charge in [-0.3, -0.25) is 4.90 Å². The van der Waals surface area contributed by atoms with Crippen molar-refractivity contribution in [1.82, 2.24) is 14.9 Å². The summed E-state index contributed by atoms with van der Waals surface area (Å²) in [5.41, 5.74) is 2.12. The zero-order valence-corrected chi connectivity index (χ0v) is 13.3. The summed E-state index contributed by atoms with van der Waals surface area (Å²) in [6.07, 6.45) is 1.76. The number of thiazole rings is 1. The van der Waals surface area contributed by atoms with Gasteiger partial charge >= 0.3 is 0 Å². The quantitative estimate of drug-likeness (QED) is 0.744. The highest BCUT2D eigenvalue weighted by molar-refractivity contribution is 7.22. The lowest BCUT2D eigenvalue weighted by Gasteiger charge is -2.34. The molecule has 0 aliphatic carbocycles. The molecule has 6 heteroatoms. The van der Waals surface area contributed by atoms with Gasteiger partial charge in [0.15, 0.2) is 11.0 Å². The molecule has 0 spiro atoms. The summed E-state index contributed by atoms with van der Waals surface area (Å²) in [6, 6.07) is 8.34. The van der Waals surface area contributed by atoms with Gasteiger partial charge in [0.2, 0.25) is 0 Å². The van der Waals surface area contributed by atoms with E-state index in [-0.39, 0.29) is 0 Å². The number of fused-ring (bicyclic) bond motifs is 1. The zero-order chi connectivity index (χ0) is 14.9. The Morgan fingerprint density at radius 3 is 2.68 bits per heavy atom. The highest BCUT2D eigenvalue weighted by Gasteiger charge is 2.20. The summed E-state index contributed by atoms with van der Waals surface area (Å²) < 4.78 is 6.54. The van der Waals surface area contributed by atoms with Gasteiger partial charge in [0.25, 0.3) is 0 Å². The van der Waals surface area contributed by atoms with Crippen LogP contribution in [0.2, 0.25) is 0 Å². The maximum Gasteiger partial charge on any atom is 0.191 e. The van der Waals surface area contributed by atoms with E-state index < -0.39 is 0 Å². The average molecular weight is 314 g/mol. The van der Waals surface area contributed by atoms with Gasteiger partial charge in [0, 0.05) is 39.6 Å². The topological polar surface area (TPSA) is 45.4 Å². The molecule has 114 valence electrons. The molecule has 0 bridgehead atoms. The Morgan fingerprint density at radius 1 is 1.14 bits per heavy atom. The molecule has 0 N–H and O–H groups in total. The number of para-hydroxylation sites is 1. The molecule has 0 atom stereocenters. The first kappa shape index (κ1) is 13.7. The van der Waals surface area contributed by atoms with Crippen molar-refractivity contribution in [3.05, 3.63) is 42.1 Å². The van der Waals surface area contributed by atoms with Crippen LogP contribution in [0.1, 0.15) is 11.6 Å². The van der Waals surface area contributed by atoms with Crippen molar-refractivity contribution in [3.63, 3.8) is 0 Å². The van der Waals surface area contributed by atoms with E-state index in [4.69, 9.17) is 9.40 Å². The van der Waals surface area contributed by atoms with E-state index in [0.717, 1.165) is 55.0 Å². The molecule has 1 aromatic carbocycles. The summed E-state index contributed by atoms with van der Waals surface area (Å²) in [7, 11) is 0. The van der Waals surface area contributed by atoms with Crippen LogP contribution in [-0.2, 0) is 6.54 Å². The Hall–Kier alpha value is -1.92. The summed E-state index contributed by atoms with van der Waals surface area (Å²) in [6.45, 7) is 6.83. The molecular weight excluding hydrogens is 296 g/mol. The minimum atomic E-state index is 0.739. The molecule has 3 heterocycles. The third kappa shape index (κ3) is 2.71. The predicted octanol–water partition coefficient (Wildman–Crippen LogP) is 2.91. The SMILES string of the molecule is Cc1nc(CN2CCN(c3nc4ccccc4s3)CC2)co1. The van der Waals surface area contributed by atoms with Crippen LogP contribution in [0.25, 0.3) is 10.2 Å². The Labute approximate surface area is 133 Å². The van der Waals surface area contributed by atoms with Gasteiger partial charge in [-0.05, 0) is 12.1 Å².